The van der Waals surface area contributed by atoms with Gasteiger partial charge in [0, 0.05) is 45.3 Å². The lowest BCUT2D eigenvalue weighted by molar-refractivity contribution is -0.196. The number of nitrogens with one attached hydrogen (secondary N) is 2. The third-order valence-corrected chi connectivity index (χ3v) is 18.3. The summed E-state index contributed by atoms with van der Waals surface area (Å²) in [6.45, 7) is 9.39. The molecule has 578 valence electrons. The highest BCUT2D eigenvalue weighted by Crippen LogP contribution is 2.35. The summed E-state index contributed by atoms with van der Waals surface area (Å²) in [6, 6.07) is 0. The first-order valence-corrected chi connectivity index (χ1v) is 38.7. The summed E-state index contributed by atoms with van der Waals surface area (Å²) in [4.78, 5) is 28.1. The third-order valence-electron chi connectivity index (χ3n) is 18.3. The normalized spacial score (nSPS) is 22.4. The van der Waals surface area contributed by atoms with E-state index in [1.807, 2.05) is 0 Å². The Hall–Kier alpha value is -2.86. The van der Waals surface area contributed by atoms with Crippen molar-refractivity contribution in [3.05, 3.63) is 48.6 Å². The van der Waals surface area contributed by atoms with Crippen LogP contribution in [-0.2, 0) is 57.0 Å². The van der Waals surface area contributed by atoms with Gasteiger partial charge in [0.1, 0.15) is 48.8 Å². The van der Waals surface area contributed by atoms with Crippen LogP contribution in [0.5, 0.6) is 0 Å². The van der Waals surface area contributed by atoms with Crippen molar-refractivity contribution in [1.29, 1.82) is 0 Å². The Bertz CT molecular complexity index is 1900. The molecule has 3 heterocycles. The van der Waals surface area contributed by atoms with E-state index in [-0.39, 0.29) is 57.6 Å². The average molecular weight is 1410 g/mol. The molecule has 3 aliphatic heterocycles. The fourth-order valence-corrected chi connectivity index (χ4v) is 12.4. The van der Waals surface area contributed by atoms with Crippen LogP contribution in [0.2, 0.25) is 0 Å². The summed E-state index contributed by atoms with van der Waals surface area (Å²) >= 11 is 0. The topological polar surface area (TPSA) is 316 Å². The average Bonchev–Trinajstić information content (AvgIpc) is 1.71. The van der Waals surface area contributed by atoms with Crippen LogP contribution in [0.1, 0.15) is 232 Å². The number of aliphatic hydroxyl groups excluding tert-OH is 8. The van der Waals surface area contributed by atoms with Gasteiger partial charge in [0.25, 0.3) is 0 Å². The van der Waals surface area contributed by atoms with Crippen LogP contribution in [0.4, 0.5) is 0 Å². The van der Waals surface area contributed by atoms with Crippen LogP contribution < -0.4 is 10.6 Å². The molecule has 0 radical (unpaired) electrons. The van der Waals surface area contributed by atoms with Gasteiger partial charge in [-0.2, -0.15) is 0 Å². The lowest BCUT2D eigenvalue weighted by atomic mass is 9.98. The van der Waals surface area contributed by atoms with E-state index < -0.39 is 80.4 Å². The summed E-state index contributed by atoms with van der Waals surface area (Å²) in [6.07, 6.45) is 42.5. The number of nitrogens with zero attached hydrogens (tertiary/aromatic N) is 1. The van der Waals surface area contributed by atoms with E-state index in [0.29, 0.717) is 59.0 Å². The molecule has 0 spiro atoms. The van der Waals surface area contributed by atoms with Crippen molar-refractivity contribution >= 4 is 11.8 Å². The fourth-order valence-electron chi connectivity index (χ4n) is 12.4. The first kappa shape index (κ1) is 90.4. The minimum Gasteiger partial charge on any atom is -0.394 e. The molecule has 11 atom stereocenters. The molecule has 23 heteroatoms. The van der Waals surface area contributed by atoms with Gasteiger partial charge in [-0.25, -0.2) is 0 Å². The Balaban J connectivity index is 1.43. The number of unbranched alkanes of at least 4 members (excludes halogenated alkanes) is 22. The van der Waals surface area contributed by atoms with E-state index in [1.165, 1.54) is 116 Å². The number of carbonyl (C=O) groups is 2. The van der Waals surface area contributed by atoms with Gasteiger partial charge in [-0.1, -0.05) is 152 Å². The van der Waals surface area contributed by atoms with Gasteiger partial charge in [0.2, 0.25) is 11.8 Å². The largest absolute Gasteiger partial charge is 0.394 e. The SMILES string of the molecule is CCCCC/C=C\C/C=C\CCCCCCCCC1(CCCCCCCC/C=C\C/C=C\CCCCC)OC[C@H](CN(CCCCCC(=O)NCCOCCOCCO[C@@H](O)C2OC(CO)[C@@H](O)[C@@H]2O)CCCCCC(=O)NCCOCCOCCO[C@@H](O)C2OC(CO)[C@@H](O)[C@@H]2O)O1. The number of hydrogen-bond donors (Lipinski definition) is 10. The summed E-state index contributed by atoms with van der Waals surface area (Å²) in [5.74, 6) is -0.608. The van der Waals surface area contributed by atoms with Gasteiger partial charge in [-0.3, -0.25) is 9.59 Å². The maximum atomic E-state index is 12.8. The van der Waals surface area contributed by atoms with Crippen LogP contribution >= 0.6 is 0 Å². The first-order chi connectivity index (χ1) is 48.4. The molecule has 3 rings (SSSR count). The predicted octanol–water partition coefficient (Wildman–Crippen LogP) is 8.86. The Morgan fingerprint density at radius 1 is 0.465 bits per heavy atom. The zero-order chi connectivity index (χ0) is 71.5. The zero-order valence-electron chi connectivity index (χ0n) is 61.2. The first-order valence-electron chi connectivity index (χ1n) is 38.7. The van der Waals surface area contributed by atoms with Crippen molar-refractivity contribution in [2.24, 2.45) is 0 Å². The van der Waals surface area contributed by atoms with E-state index in [2.05, 4.69) is 78.0 Å². The molecule has 2 amide bonds. The molecule has 3 saturated heterocycles. The van der Waals surface area contributed by atoms with Crippen molar-refractivity contribution in [3.8, 4) is 0 Å². The Kier molecular flexibility index (Phi) is 56.1. The molecule has 23 nitrogen and oxygen atoms in total. The second-order valence-electron chi connectivity index (χ2n) is 26.8. The van der Waals surface area contributed by atoms with Crippen LogP contribution in [0.25, 0.3) is 0 Å². The standard InChI is InChI=1S/C76H139N3O20/c1-3-5-7-9-11-13-15-17-19-21-23-25-27-29-31-37-43-76(44-38-32-30-28-26-24-22-20-18-16-14-12-10-8-6-4-2)96-62-63(99-76)59-79(47-39-33-35-41-66(82)77-45-49-90-51-53-92-55-57-94-74(88)72-70(86)68(84)64(60-80)97-72)48-40-34-36-42-67(83)78-46-50-91-52-54-93-56-58-95-75(89)73-71(87)69(85)65(61-81)98-73/h11-14,17-20,63-65,68-75,80-81,84-89H,3-10,15-16,21-62H2,1-2H3,(H,77,82)(H,78,83)/b13-11-,14-12-,19-17-,20-18-/t63-,64?,65?,68+,69+,70-,71-,72?,73?,74+,75+/m0/s1. The maximum Gasteiger partial charge on any atom is 0.220 e. The monoisotopic (exact) mass is 1410 g/mol. The van der Waals surface area contributed by atoms with Crippen molar-refractivity contribution in [2.45, 2.75) is 305 Å². The molecule has 10 N–H and O–H groups in total. The molecule has 3 fully saturated rings. The highest BCUT2D eigenvalue weighted by Gasteiger charge is 2.47. The molecule has 0 aromatic rings. The smallest absolute Gasteiger partial charge is 0.220 e. The third kappa shape index (κ3) is 44.5. The van der Waals surface area contributed by atoms with Crippen LogP contribution in [0.3, 0.4) is 0 Å². The molecule has 0 aliphatic carbocycles. The van der Waals surface area contributed by atoms with Gasteiger partial charge in [0.15, 0.2) is 18.4 Å². The van der Waals surface area contributed by atoms with Crippen LogP contribution in [-0.4, -0.2) is 249 Å². The van der Waals surface area contributed by atoms with E-state index >= 15 is 0 Å². The molecule has 0 aromatic heterocycles. The fraction of sp³-hybridized carbons (Fsp3) is 0.868. The molecule has 99 heavy (non-hydrogen) atoms. The number of hydrogen-bond acceptors (Lipinski definition) is 21. The van der Waals surface area contributed by atoms with Crippen molar-refractivity contribution in [3.63, 3.8) is 0 Å². The molecule has 3 aliphatic rings. The highest BCUT2D eigenvalue weighted by molar-refractivity contribution is 5.76. The van der Waals surface area contributed by atoms with Gasteiger partial charge < -0.3 is 104 Å². The van der Waals surface area contributed by atoms with Gasteiger partial charge >= 0.3 is 0 Å². The Labute approximate surface area is 595 Å². The number of ether oxygens (including phenoxy) is 10. The van der Waals surface area contributed by atoms with Crippen molar-refractivity contribution in [2.75, 3.05) is 119 Å². The van der Waals surface area contributed by atoms with E-state index in [1.54, 1.807) is 0 Å². The van der Waals surface area contributed by atoms with Crippen molar-refractivity contribution in [1.82, 2.24) is 15.5 Å². The lowest BCUT2D eigenvalue weighted by Gasteiger charge is -2.30. The predicted molar refractivity (Wildman–Crippen MR) is 384 cm³/mol. The van der Waals surface area contributed by atoms with Gasteiger partial charge in [-0.15, -0.1) is 0 Å². The Morgan fingerprint density at radius 3 is 1.22 bits per heavy atom. The number of rotatable bonds is 68. The van der Waals surface area contributed by atoms with Gasteiger partial charge in [0.05, 0.1) is 92.0 Å². The minimum absolute atomic E-state index is 0.00834. The number of allylic oxidation sites excluding steroid dienone is 8. The maximum absolute atomic E-state index is 12.8. The molecular weight excluding hydrogens is 1270 g/mol. The van der Waals surface area contributed by atoms with Crippen LogP contribution in [0.15, 0.2) is 48.6 Å². The molecule has 0 aromatic carbocycles. The highest BCUT2D eigenvalue weighted by atomic mass is 16.7. The van der Waals surface area contributed by atoms with Crippen LogP contribution in [0, 0.1) is 0 Å². The number of amides is 2. The van der Waals surface area contributed by atoms with E-state index in [0.717, 1.165) is 110 Å². The quantitative estimate of drug-likeness (QED) is 0.0154. The summed E-state index contributed by atoms with van der Waals surface area (Å²) in [5, 5.41) is 84.7. The lowest BCUT2D eigenvalue weighted by Crippen LogP contribution is -2.40. The zero-order valence-corrected chi connectivity index (χ0v) is 61.2. The van der Waals surface area contributed by atoms with E-state index in [4.69, 9.17) is 47.4 Å². The second kappa shape index (κ2) is 61.4. The summed E-state index contributed by atoms with van der Waals surface area (Å²) in [7, 11) is 0. The molecule has 0 bridgehead atoms. The Morgan fingerprint density at radius 2 is 0.828 bits per heavy atom. The van der Waals surface area contributed by atoms with Crippen molar-refractivity contribution < 1.29 is 97.8 Å². The second-order valence-corrected chi connectivity index (χ2v) is 26.8. The minimum atomic E-state index is -1.50. The molecular formula is C76H139N3O20. The van der Waals surface area contributed by atoms with Gasteiger partial charge in [-0.05, 0) is 116 Å². The van der Waals surface area contributed by atoms with E-state index in [9.17, 15) is 50.4 Å². The summed E-state index contributed by atoms with van der Waals surface area (Å²) < 4.78 is 57.2. The number of carbonyl (C=O) groups excluding carboxylic acids is 2. The summed E-state index contributed by atoms with van der Waals surface area (Å²) in [5.41, 5.74) is 0. The molecule has 4 unspecified atom stereocenters. The molecule has 0 saturated carbocycles. The number of aliphatic hydroxyl groups is 8.